The lowest BCUT2D eigenvalue weighted by Crippen LogP contribution is -2.34. The first-order valence-electron chi connectivity index (χ1n) is 8.23. The second-order valence-electron chi connectivity index (χ2n) is 6.34. The molecule has 2 aromatic heterocycles. The van der Waals surface area contributed by atoms with Crippen LogP contribution in [0, 0.1) is 6.92 Å². The molecule has 1 fully saturated rings. The fourth-order valence-corrected chi connectivity index (χ4v) is 2.91. The van der Waals surface area contributed by atoms with Gasteiger partial charge in [0.1, 0.15) is 12.4 Å². The van der Waals surface area contributed by atoms with Gasteiger partial charge in [0, 0.05) is 12.5 Å². The van der Waals surface area contributed by atoms with Gasteiger partial charge in [0.2, 0.25) is 0 Å². The average molecular weight is 330 g/mol. The van der Waals surface area contributed by atoms with Crippen LogP contribution in [0.25, 0.3) is 0 Å². The maximum absolute atomic E-state index is 12.3. The molecule has 7 heteroatoms. The van der Waals surface area contributed by atoms with E-state index in [2.05, 4.69) is 20.1 Å². The summed E-state index contributed by atoms with van der Waals surface area (Å²) in [6.45, 7) is 7.00. The third kappa shape index (κ3) is 3.39. The van der Waals surface area contributed by atoms with Gasteiger partial charge < -0.3 is 14.1 Å². The van der Waals surface area contributed by atoms with E-state index >= 15 is 0 Å². The van der Waals surface area contributed by atoms with Crippen molar-refractivity contribution in [3.8, 4) is 0 Å². The van der Waals surface area contributed by atoms with Crippen LogP contribution in [0.1, 0.15) is 54.5 Å². The highest BCUT2D eigenvalue weighted by molar-refractivity contribution is 5.88. The van der Waals surface area contributed by atoms with Crippen LogP contribution in [0.4, 0.5) is 5.82 Å². The molecule has 1 aliphatic rings. The van der Waals surface area contributed by atoms with E-state index < -0.39 is 5.97 Å². The van der Waals surface area contributed by atoms with Crippen LogP contribution >= 0.6 is 0 Å². The van der Waals surface area contributed by atoms with Gasteiger partial charge in [-0.3, -0.25) is 0 Å². The van der Waals surface area contributed by atoms with Gasteiger partial charge in [0.25, 0.3) is 0 Å². The second kappa shape index (κ2) is 6.98. The van der Waals surface area contributed by atoms with Crippen LogP contribution < -0.4 is 4.90 Å². The molecule has 0 aliphatic carbocycles. The van der Waals surface area contributed by atoms with Crippen LogP contribution in [-0.4, -0.2) is 40.3 Å². The molecule has 0 saturated carbocycles. The predicted molar refractivity (Wildman–Crippen MR) is 88.0 cm³/mol. The Morgan fingerprint density at radius 3 is 2.96 bits per heavy atom. The van der Waals surface area contributed by atoms with E-state index in [9.17, 15) is 4.79 Å². The van der Waals surface area contributed by atoms with Crippen LogP contribution in [-0.2, 0) is 4.74 Å². The number of anilines is 1. The highest BCUT2D eigenvalue weighted by Gasteiger charge is 2.28. The zero-order valence-corrected chi connectivity index (χ0v) is 14.2. The van der Waals surface area contributed by atoms with Crippen molar-refractivity contribution in [1.82, 2.24) is 15.2 Å². The molecule has 0 spiro atoms. The number of carbonyl (C=O) groups excluding carboxylic acids is 1. The van der Waals surface area contributed by atoms with E-state index in [0.29, 0.717) is 12.4 Å². The quantitative estimate of drug-likeness (QED) is 0.780. The Morgan fingerprint density at radius 2 is 2.25 bits per heavy atom. The predicted octanol–water partition coefficient (Wildman–Crippen LogP) is 2.72. The number of esters is 1. The summed E-state index contributed by atoms with van der Waals surface area (Å²) in [7, 11) is 0. The van der Waals surface area contributed by atoms with E-state index in [-0.39, 0.29) is 17.7 Å². The number of oxazole rings is 1. The standard InChI is InChI=1S/C17H22N4O3/c1-11(2)16-15(18-10-24-16)17(22)23-9-13-5-4-8-21(13)14-7-6-12(3)19-20-14/h6-7,10-11,13H,4-5,8-9H2,1-3H3. The molecule has 0 N–H and O–H groups in total. The van der Waals surface area contributed by atoms with Gasteiger partial charge in [-0.2, -0.15) is 5.10 Å². The summed E-state index contributed by atoms with van der Waals surface area (Å²) in [5, 5.41) is 8.34. The van der Waals surface area contributed by atoms with E-state index in [1.165, 1.54) is 6.39 Å². The van der Waals surface area contributed by atoms with Crippen molar-refractivity contribution in [3.05, 3.63) is 35.7 Å². The first kappa shape index (κ1) is 16.4. The van der Waals surface area contributed by atoms with Crippen molar-refractivity contribution in [3.63, 3.8) is 0 Å². The topological polar surface area (TPSA) is 81.4 Å². The Hall–Kier alpha value is -2.44. The van der Waals surface area contributed by atoms with Crippen LogP contribution in [0.5, 0.6) is 0 Å². The molecule has 128 valence electrons. The summed E-state index contributed by atoms with van der Waals surface area (Å²) < 4.78 is 10.8. The van der Waals surface area contributed by atoms with E-state index in [1.807, 2.05) is 32.9 Å². The van der Waals surface area contributed by atoms with Crippen molar-refractivity contribution in [2.45, 2.75) is 45.6 Å². The monoisotopic (exact) mass is 330 g/mol. The van der Waals surface area contributed by atoms with Crippen LogP contribution in [0.3, 0.4) is 0 Å². The molecule has 24 heavy (non-hydrogen) atoms. The number of hydrogen-bond acceptors (Lipinski definition) is 7. The van der Waals surface area contributed by atoms with Gasteiger partial charge in [-0.15, -0.1) is 5.10 Å². The SMILES string of the molecule is Cc1ccc(N2CCCC2COC(=O)c2ncoc2C(C)C)nn1. The zero-order chi connectivity index (χ0) is 17.1. The second-order valence-corrected chi connectivity index (χ2v) is 6.34. The number of rotatable bonds is 5. The number of aromatic nitrogens is 3. The third-order valence-electron chi connectivity index (χ3n) is 4.17. The molecule has 1 saturated heterocycles. The molecule has 1 atom stereocenters. The minimum atomic E-state index is -0.436. The first-order valence-corrected chi connectivity index (χ1v) is 8.23. The average Bonchev–Trinajstić information content (AvgIpc) is 3.22. The smallest absolute Gasteiger partial charge is 0.360 e. The molecule has 0 amide bonds. The molecule has 3 rings (SSSR count). The summed E-state index contributed by atoms with van der Waals surface area (Å²) in [4.78, 5) is 18.4. The maximum atomic E-state index is 12.3. The Kier molecular flexibility index (Phi) is 4.78. The number of carbonyl (C=O) groups is 1. The Morgan fingerprint density at radius 1 is 1.42 bits per heavy atom. The number of hydrogen-bond donors (Lipinski definition) is 0. The Labute approximate surface area is 141 Å². The molecule has 0 radical (unpaired) electrons. The van der Waals surface area contributed by atoms with Gasteiger partial charge >= 0.3 is 5.97 Å². The summed E-state index contributed by atoms with van der Waals surface area (Å²) in [6, 6.07) is 4.01. The molecule has 2 aromatic rings. The molecule has 3 heterocycles. The van der Waals surface area contributed by atoms with Crippen molar-refractivity contribution >= 4 is 11.8 Å². The molecule has 0 bridgehead atoms. The molecule has 1 aliphatic heterocycles. The highest BCUT2D eigenvalue weighted by atomic mass is 16.5. The lowest BCUT2D eigenvalue weighted by Gasteiger charge is -2.24. The van der Waals surface area contributed by atoms with E-state index in [1.54, 1.807) is 0 Å². The summed E-state index contributed by atoms with van der Waals surface area (Å²) in [5.41, 5.74) is 1.15. The zero-order valence-electron chi connectivity index (χ0n) is 14.2. The highest BCUT2D eigenvalue weighted by Crippen LogP contribution is 2.24. The normalized spacial score (nSPS) is 17.5. The lowest BCUT2D eigenvalue weighted by atomic mass is 10.1. The molecule has 7 nitrogen and oxygen atoms in total. The fourth-order valence-electron chi connectivity index (χ4n) is 2.91. The first-order chi connectivity index (χ1) is 11.6. The summed E-state index contributed by atoms with van der Waals surface area (Å²) >= 11 is 0. The van der Waals surface area contributed by atoms with Gasteiger partial charge in [-0.1, -0.05) is 13.8 Å². The molecular formula is C17H22N4O3. The number of ether oxygens (including phenoxy) is 1. The fraction of sp³-hybridized carbons (Fsp3) is 0.529. The van der Waals surface area contributed by atoms with Crippen LogP contribution in [0.15, 0.2) is 22.9 Å². The number of nitrogens with zero attached hydrogens (tertiary/aromatic N) is 4. The largest absolute Gasteiger partial charge is 0.459 e. The van der Waals surface area contributed by atoms with Crippen molar-refractivity contribution in [2.75, 3.05) is 18.1 Å². The molecule has 0 aromatic carbocycles. The lowest BCUT2D eigenvalue weighted by molar-refractivity contribution is 0.0473. The molecular weight excluding hydrogens is 308 g/mol. The summed E-state index contributed by atoms with van der Waals surface area (Å²) in [5.74, 6) is 1.03. The Bertz CT molecular complexity index is 696. The van der Waals surface area contributed by atoms with Crippen LogP contribution in [0.2, 0.25) is 0 Å². The third-order valence-corrected chi connectivity index (χ3v) is 4.17. The van der Waals surface area contributed by atoms with Gasteiger partial charge in [-0.05, 0) is 31.9 Å². The minimum absolute atomic E-state index is 0.0841. The van der Waals surface area contributed by atoms with Gasteiger partial charge in [0.15, 0.2) is 17.9 Å². The van der Waals surface area contributed by atoms with Crippen molar-refractivity contribution in [1.29, 1.82) is 0 Å². The van der Waals surface area contributed by atoms with Crippen molar-refractivity contribution < 1.29 is 13.9 Å². The van der Waals surface area contributed by atoms with Gasteiger partial charge in [0.05, 0.1) is 11.7 Å². The minimum Gasteiger partial charge on any atom is -0.459 e. The van der Waals surface area contributed by atoms with E-state index in [4.69, 9.17) is 9.15 Å². The number of aryl methyl sites for hydroxylation is 1. The summed E-state index contributed by atoms with van der Waals surface area (Å²) in [6.07, 6.45) is 3.29. The maximum Gasteiger partial charge on any atom is 0.360 e. The van der Waals surface area contributed by atoms with E-state index in [0.717, 1.165) is 30.9 Å². The Balaban J connectivity index is 1.64. The molecule has 1 unspecified atom stereocenters. The van der Waals surface area contributed by atoms with Gasteiger partial charge in [-0.25, -0.2) is 9.78 Å². The van der Waals surface area contributed by atoms with Crippen molar-refractivity contribution in [2.24, 2.45) is 0 Å².